The first-order chi connectivity index (χ1) is 11.5. The Bertz CT molecular complexity index is 613. The molecule has 24 heavy (non-hydrogen) atoms. The maximum absolute atomic E-state index is 11.9. The summed E-state index contributed by atoms with van der Waals surface area (Å²) in [6.07, 6.45) is 1.53. The van der Waals surface area contributed by atoms with Crippen LogP contribution in [0.1, 0.15) is 19.1 Å². The van der Waals surface area contributed by atoms with Crippen LogP contribution in [0.4, 0.5) is 4.79 Å². The quantitative estimate of drug-likeness (QED) is 0.707. The summed E-state index contributed by atoms with van der Waals surface area (Å²) in [5.74, 6) is -1.56. The van der Waals surface area contributed by atoms with Crippen molar-refractivity contribution >= 4 is 23.8 Å². The van der Waals surface area contributed by atoms with Crippen molar-refractivity contribution in [3.63, 3.8) is 0 Å². The Balaban J connectivity index is 1.76. The molecule has 2 rings (SSSR count). The van der Waals surface area contributed by atoms with Crippen LogP contribution in [-0.4, -0.2) is 48.4 Å². The van der Waals surface area contributed by atoms with Gasteiger partial charge in [-0.3, -0.25) is 19.7 Å². The number of amides is 4. The first-order valence-corrected chi connectivity index (χ1v) is 7.54. The van der Waals surface area contributed by atoms with E-state index in [0.717, 1.165) is 0 Å². The van der Waals surface area contributed by atoms with E-state index in [1.54, 1.807) is 19.1 Å². The van der Waals surface area contributed by atoms with Gasteiger partial charge in [-0.15, -0.1) is 0 Å². The fourth-order valence-electron chi connectivity index (χ4n) is 2.30. The molecule has 1 saturated heterocycles. The molecule has 9 heteroatoms. The molecule has 0 bridgehead atoms. The number of imide groups is 1. The summed E-state index contributed by atoms with van der Waals surface area (Å²) in [5.41, 5.74) is 0. The third kappa shape index (κ3) is 4.83. The number of likely N-dealkylation sites (tertiary alicyclic amines) is 1. The molecule has 130 valence electrons. The number of nitrogens with one attached hydrogen (secondary N) is 2. The van der Waals surface area contributed by atoms with Gasteiger partial charge < -0.3 is 19.4 Å². The highest BCUT2D eigenvalue weighted by molar-refractivity contribution is 5.95. The molecule has 0 saturated carbocycles. The lowest BCUT2D eigenvalue weighted by atomic mass is 10.1. The maximum atomic E-state index is 11.9. The Labute approximate surface area is 138 Å². The molecule has 1 aliphatic rings. The zero-order chi connectivity index (χ0) is 17.5. The monoisotopic (exact) mass is 337 g/mol. The number of hydrogen-bond acceptors (Lipinski definition) is 6. The number of carbonyl (C=O) groups is 4. The number of esters is 1. The Morgan fingerprint density at radius 3 is 2.88 bits per heavy atom. The van der Waals surface area contributed by atoms with E-state index in [4.69, 9.17) is 9.15 Å². The summed E-state index contributed by atoms with van der Waals surface area (Å²) in [5, 5.41) is 4.40. The number of furan rings is 1. The molecular weight excluding hydrogens is 318 g/mol. The third-order valence-electron chi connectivity index (χ3n) is 3.41. The summed E-state index contributed by atoms with van der Waals surface area (Å²) in [6, 6.07) is 2.80. The van der Waals surface area contributed by atoms with Crippen LogP contribution in [-0.2, 0) is 25.7 Å². The molecule has 0 spiro atoms. The normalized spacial score (nSPS) is 16.8. The zero-order valence-electron chi connectivity index (χ0n) is 13.2. The van der Waals surface area contributed by atoms with Crippen LogP contribution in [0.3, 0.4) is 0 Å². The number of carbonyl (C=O) groups excluding carboxylic acids is 4. The molecule has 1 aliphatic heterocycles. The van der Waals surface area contributed by atoms with Gasteiger partial charge in [0.05, 0.1) is 18.7 Å². The van der Waals surface area contributed by atoms with Gasteiger partial charge in [0.1, 0.15) is 5.76 Å². The van der Waals surface area contributed by atoms with Crippen LogP contribution in [0.2, 0.25) is 0 Å². The molecule has 1 aromatic rings. The van der Waals surface area contributed by atoms with Crippen molar-refractivity contribution in [2.45, 2.75) is 19.9 Å². The molecule has 0 aromatic carbocycles. The van der Waals surface area contributed by atoms with E-state index < -0.39 is 30.4 Å². The van der Waals surface area contributed by atoms with E-state index in [-0.39, 0.29) is 25.4 Å². The number of urea groups is 1. The van der Waals surface area contributed by atoms with Crippen LogP contribution in [0, 0.1) is 5.92 Å². The molecule has 1 atom stereocenters. The minimum Gasteiger partial charge on any atom is -0.467 e. The van der Waals surface area contributed by atoms with Gasteiger partial charge in [0, 0.05) is 19.5 Å². The lowest BCUT2D eigenvalue weighted by Crippen LogP contribution is -2.41. The fraction of sp³-hybridized carbons (Fsp3) is 0.467. The van der Waals surface area contributed by atoms with Gasteiger partial charge in [0.2, 0.25) is 5.91 Å². The Morgan fingerprint density at radius 1 is 1.42 bits per heavy atom. The second-order valence-corrected chi connectivity index (χ2v) is 5.27. The highest BCUT2D eigenvalue weighted by atomic mass is 16.5. The Hall–Kier alpha value is -2.84. The van der Waals surface area contributed by atoms with Gasteiger partial charge in [-0.1, -0.05) is 0 Å². The van der Waals surface area contributed by atoms with Crippen molar-refractivity contribution in [2.75, 3.05) is 19.7 Å². The van der Waals surface area contributed by atoms with Gasteiger partial charge >= 0.3 is 12.0 Å². The summed E-state index contributed by atoms with van der Waals surface area (Å²) < 4.78 is 10.0. The van der Waals surface area contributed by atoms with Crippen LogP contribution < -0.4 is 10.6 Å². The zero-order valence-corrected chi connectivity index (χ0v) is 13.2. The van der Waals surface area contributed by atoms with Gasteiger partial charge in [-0.05, 0) is 19.1 Å². The number of ether oxygens (including phenoxy) is 1. The second kappa shape index (κ2) is 8.14. The topological polar surface area (TPSA) is 118 Å². The van der Waals surface area contributed by atoms with Crippen molar-refractivity contribution in [3.05, 3.63) is 24.2 Å². The largest absolute Gasteiger partial charge is 0.467 e. The number of rotatable bonds is 6. The molecule has 2 heterocycles. The highest BCUT2D eigenvalue weighted by Crippen LogP contribution is 2.21. The molecule has 0 unspecified atom stereocenters. The molecule has 1 aromatic heterocycles. The molecule has 0 radical (unpaired) electrons. The van der Waals surface area contributed by atoms with Crippen molar-refractivity contribution in [2.24, 2.45) is 5.92 Å². The third-order valence-corrected chi connectivity index (χ3v) is 3.41. The Morgan fingerprint density at radius 2 is 2.21 bits per heavy atom. The van der Waals surface area contributed by atoms with E-state index in [1.807, 2.05) is 5.32 Å². The summed E-state index contributed by atoms with van der Waals surface area (Å²) >= 11 is 0. The number of nitrogens with zero attached hydrogens (tertiary/aromatic N) is 1. The molecule has 9 nitrogen and oxygen atoms in total. The number of hydrogen-bond donors (Lipinski definition) is 2. The molecule has 4 amide bonds. The first-order valence-electron chi connectivity index (χ1n) is 7.54. The van der Waals surface area contributed by atoms with Gasteiger partial charge in [-0.25, -0.2) is 4.79 Å². The van der Waals surface area contributed by atoms with Gasteiger partial charge in [0.15, 0.2) is 6.61 Å². The molecular formula is C15H19N3O6. The Kier molecular flexibility index (Phi) is 5.94. The minimum absolute atomic E-state index is 0.0253. The standard InChI is InChI=1S/C15H19N3O6/c1-2-16-15(22)17-12(19)9-24-14(21)10-6-13(20)18(7-10)8-11-4-3-5-23-11/h3-5,10H,2,6-9H2,1H3,(H2,16,17,19,22)/t10-/m1/s1. The SMILES string of the molecule is CCNC(=O)NC(=O)COC(=O)[C@@H]1CC(=O)N(Cc2ccco2)C1. The summed E-state index contributed by atoms with van der Waals surface area (Å²) in [7, 11) is 0. The van der Waals surface area contributed by atoms with E-state index in [0.29, 0.717) is 12.3 Å². The summed E-state index contributed by atoms with van der Waals surface area (Å²) in [6.45, 7) is 1.99. The lowest BCUT2D eigenvalue weighted by Gasteiger charge is -2.14. The predicted octanol–water partition coefficient (Wildman–Crippen LogP) is 0.0170. The van der Waals surface area contributed by atoms with Crippen molar-refractivity contribution in [1.82, 2.24) is 15.5 Å². The van der Waals surface area contributed by atoms with E-state index in [1.165, 1.54) is 11.2 Å². The highest BCUT2D eigenvalue weighted by Gasteiger charge is 2.35. The first kappa shape index (κ1) is 17.5. The van der Waals surface area contributed by atoms with Gasteiger partial charge in [0.25, 0.3) is 5.91 Å². The smallest absolute Gasteiger partial charge is 0.321 e. The van der Waals surface area contributed by atoms with Crippen LogP contribution in [0.5, 0.6) is 0 Å². The van der Waals surface area contributed by atoms with Crippen molar-refractivity contribution in [1.29, 1.82) is 0 Å². The fourth-order valence-corrected chi connectivity index (χ4v) is 2.30. The van der Waals surface area contributed by atoms with E-state index in [2.05, 4.69) is 5.32 Å². The maximum Gasteiger partial charge on any atom is 0.321 e. The van der Waals surface area contributed by atoms with Crippen LogP contribution in [0.25, 0.3) is 0 Å². The van der Waals surface area contributed by atoms with E-state index in [9.17, 15) is 19.2 Å². The molecule has 2 N–H and O–H groups in total. The van der Waals surface area contributed by atoms with Crippen LogP contribution in [0.15, 0.2) is 22.8 Å². The minimum atomic E-state index is -0.730. The molecule has 0 aliphatic carbocycles. The van der Waals surface area contributed by atoms with Crippen molar-refractivity contribution in [3.8, 4) is 0 Å². The van der Waals surface area contributed by atoms with Crippen LogP contribution >= 0.6 is 0 Å². The average Bonchev–Trinajstić information content (AvgIpc) is 3.16. The predicted molar refractivity (Wildman–Crippen MR) is 80.4 cm³/mol. The second-order valence-electron chi connectivity index (χ2n) is 5.27. The van der Waals surface area contributed by atoms with Crippen molar-refractivity contribution < 1.29 is 28.3 Å². The molecule has 1 fully saturated rings. The van der Waals surface area contributed by atoms with Gasteiger partial charge in [-0.2, -0.15) is 0 Å². The lowest BCUT2D eigenvalue weighted by molar-refractivity contribution is -0.152. The average molecular weight is 337 g/mol. The summed E-state index contributed by atoms with van der Waals surface area (Å²) in [4.78, 5) is 48.0. The van der Waals surface area contributed by atoms with E-state index >= 15 is 0 Å².